The lowest BCUT2D eigenvalue weighted by atomic mass is 10.1. The average Bonchev–Trinajstić information content (AvgIpc) is 2.88. The summed E-state index contributed by atoms with van der Waals surface area (Å²) in [4.78, 5) is 14.8. The molecule has 0 saturated heterocycles. The summed E-state index contributed by atoms with van der Waals surface area (Å²) in [6.07, 6.45) is 2.33. The van der Waals surface area contributed by atoms with Gasteiger partial charge in [0.2, 0.25) is 6.33 Å². The number of aromatic nitrogens is 2. The molecule has 0 radical (unpaired) electrons. The molecule has 7 heteroatoms. The van der Waals surface area contributed by atoms with E-state index in [0.717, 1.165) is 25.1 Å². The summed E-state index contributed by atoms with van der Waals surface area (Å²) < 4.78 is 2.11. The lowest BCUT2D eigenvalue weighted by Gasteiger charge is -2.24. The van der Waals surface area contributed by atoms with Crippen LogP contribution in [0, 0.1) is 10.1 Å². The van der Waals surface area contributed by atoms with Gasteiger partial charge in [0.15, 0.2) is 11.4 Å². The molecule has 0 bridgehead atoms. The number of hydrogen-bond acceptors (Lipinski definition) is 3. The molecule has 0 aliphatic carbocycles. The van der Waals surface area contributed by atoms with Crippen molar-refractivity contribution in [2.45, 2.75) is 19.1 Å². The van der Waals surface area contributed by atoms with E-state index in [0.29, 0.717) is 6.54 Å². The Balaban J connectivity index is 1.65. The number of nitro groups is 1. The second-order valence-electron chi connectivity index (χ2n) is 5.80. The Morgan fingerprint density at radius 2 is 2.18 bits per heavy atom. The number of benzene rings is 1. The Morgan fingerprint density at radius 1 is 1.45 bits per heavy atom. The Labute approximate surface area is 128 Å². The van der Waals surface area contributed by atoms with Crippen LogP contribution in [0.25, 0.3) is 0 Å². The van der Waals surface area contributed by atoms with Gasteiger partial charge < -0.3 is 10.0 Å². The van der Waals surface area contributed by atoms with E-state index in [-0.39, 0.29) is 5.69 Å². The van der Waals surface area contributed by atoms with Crippen LogP contribution >= 0.6 is 0 Å². The highest BCUT2D eigenvalue weighted by Gasteiger charge is 2.29. The minimum Gasteiger partial charge on any atom is -0.382 e. The van der Waals surface area contributed by atoms with Crippen LogP contribution in [0.3, 0.4) is 0 Å². The molecule has 0 fully saturated rings. The first-order valence-electron chi connectivity index (χ1n) is 7.35. The molecule has 7 nitrogen and oxygen atoms in total. The van der Waals surface area contributed by atoms with E-state index < -0.39 is 11.0 Å². The lowest BCUT2D eigenvalue weighted by Crippen LogP contribution is -3.12. The number of nitrogens with zero attached hydrogens (tertiary/aromatic N) is 2. The van der Waals surface area contributed by atoms with Crippen LogP contribution in [0.4, 0.5) is 5.69 Å². The third-order valence-electron chi connectivity index (χ3n) is 4.32. The van der Waals surface area contributed by atoms with Gasteiger partial charge in [-0.15, -0.1) is 0 Å². The predicted octanol–water partition coefficient (Wildman–Crippen LogP) is -0.578. The first-order chi connectivity index (χ1) is 10.5. The molecule has 1 aromatic carbocycles. The van der Waals surface area contributed by atoms with Crippen molar-refractivity contribution in [1.82, 2.24) is 4.98 Å². The summed E-state index contributed by atoms with van der Waals surface area (Å²) in [7, 11) is 2.03. The van der Waals surface area contributed by atoms with Crippen LogP contribution in [-0.2, 0) is 20.0 Å². The number of imidazole rings is 1. The highest BCUT2D eigenvalue weighted by molar-refractivity contribution is 5.33. The first kappa shape index (κ1) is 14.7. The standard InChI is InChI=1S/C15H18N4O3/c1-17-10-16-13-8-18(7-6-14(13)17)9-15(20)11-2-4-12(5-3-11)19(21)22/h2-5,10,15,20H,6-9H2,1H3/p+2. The van der Waals surface area contributed by atoms with Gasteiger partial charge in [0.25, 0.3) is 5.69 Å². The zero-order chi connectivity index (χ0) is 15.7. The highest BCUT2D eigenvalue weighted by Crippen LogP contribution is 2.17. The molecular weight excluding hydrogens is 284 g/mol. The number of aliphatic hydroxyl groups is 1. The summed E-state index contributed by atoms with van der Waals surface area (Å²) in [5.74, 6) is 0. The van der Waals surface area contributed by atoms with Gasteiger partial charge in [-0.25, -0.2) is 9.55 Å². The van der Waals surface area contributed by atoms with Crippen molar-refractivity contribution in [3.63, 3.8) is 0 Å². The summed E-state index contributed by atoms with van der Waals surface area (Å²) in [6.45, 7) is 2.43. The number of hydrogen-bond donors (Lipinski definition) is 3. The van der Waals surface area contributed by atoms with Gasteiger partial charge in [-0.2, -0.15) is 0 Å². The monoisotopic (exact) mass is 304 g/mol. The third kappa shape index (κ3) is 2.86. The summed E-state index contributed by atoms with van der Waals surface area (Å²) >= 11 is 0. The molecule has 0 amide bonds. The maximum atomic E-state index is 10.7. The SMILES string of the molecule is C[n+]1c[nH]c2c1CC[NH+](CC(O)c1ccc([N+](=O)[O-])cc1)C2. The van der Waals surface area contributed by atoms with E-state index in [2.05, 4.69) is 9.55 Å². The zero-order valence-electron chi connectivity index (χ0n) is 12.5. The molecule has 0 saturated carbocycles. The number of H-pyrrole nitrogens is 1. The van der Waals surface area contributed by atoms with Gasteiger partial charge in [0, 0.05) is 12.1 Å². The molecule has 2 aromatic rings. The zero-order valence-corrected chi connectivity index (χ0v) is 12.5. The lowest BCUT2D eigenvalue weighted by molar-refractivity contribution is -0.921. The van der Waals surface area contributed by atoms with E-state index in [1.165, 1.54) is 28.4 Å². The van der Waals surface area contributed by atoms with Crippen molar-refractivity contribution >= 4 is 5.69 Å². The van der Waals surface area contributed by atoms with E-state index in [9.17, 15) is 15.2 Å². The molecule has 116 valence electrons. The Bertz CT molecular complexity index is 681. The van der Waals surface area contributed by atoms with E-state index in [1.807, 2.05) is 13.4 Å². The number of nitrogens with one attached hydrogen (secondary N) is 2. The molecular formula is C15H20N4O3+2. The number of aromatic amines is 1. The first-order valence-corrected chi connectivity index (χ1v) is 7.35. The Morgan fingerprint density at radius 3 is 2.86 bits per heavy atom. The minimum absolute atomic E-state index is 0.0461. The van der Waals surface area contributed by atoms with Gasteiger partial charge in [-0.05, 0) is 17.7 Å². The van der Waals surface area contributed by atoms with Crippen molar-refractivity contribution in [3.05, 3.63) is 57.7 Å². The molecule has 22 heavy (non-hydrogen) atoms. The Kier molecular flexibility index (Phi) is 3.91. The van der Waals surface area contributed by atoms with Gasteiger partial charge >= 0.3 is 0 Å². The molecule has 1 aliphatic rings. The van der Waals surface area contributed by atoms with Crippen LogP contribution in [0.15, 0.2) is 30.6 Å². The second kappa shape index (κ2) is 5.86. The molecule has 3 rings (SSSR count). The number of fused-ring (bicyclic) bond motifs is 1. The number of aryl methyl sites for hydroxylation is 1. The largest absolute Gasteiger partial charge is 0.382 e. The third-order valence-corrected chi connectivity index (χ3v) is 4.32. The van der Waals surface area contributed by atoms with Crippen molar-refractivity contribution in [2.24, 2.45) is 7.05 Å². The van der Waals surface area contributed by atoms with E-state index >= 15 is 0 Å². The average molecular weight is 304 g/mol. The van der Waals surface area contributed by atoms with Crippen LogP contribution in [0.2, 0.25) is 0 Å². The smallest absolute Gasteiger partial charge is 0.269 e. The molecule has 2 atom stereocenters. The van der Waals surface area contributed by atoms with Crippen molar-refractivity contribution in [3.8, 4) is 0 Å². The molecule has 3 N–H and O–H groups in total. The fraction of sp³-hybridized carbons (Fsp3) is 0.400. The maximum absolute atomic E-state index is 10.7. The van der Waals surface area contributed by atoms with Crippen LogP contribution in [0.1, 0.15) is 23.1 Å². The molecule has 2 unspecified atom stereocenters. The molecule has 0 spiro atoms. The number of rotatable bonds is 4. The van der Waals surface area contributed by atoms with Gasteiger partial charge in [0.05, 0.1) is 24.9 Å². The fourth-order valence-corrected chi connectivity index (χ4v) is 3.05. The van der Waals surface area contributed by atoms with Crippen LogP contribution in [-0.4, -0.2) is 28.1 Å². The fourth-order valence-electron chi connectivity index (χ4n) is 3.05. The van der Waals surface area contributed by atoms with Gasteiger partial charge in [0.1, 0.15) is 19.2 Å². The number of non-ortho nitro benzene ring substituents is 1. The van der Waals surface area contributed by atoms with Crippen molar-refractivity contribution < 1.29 is 19.5 Å². The highest BCUT2D eigenvalue weighted by atomic mass is 16.6. The maximum Gasteiger partial charge on any atom is 0.269 e. The quantitative estimate of drug-likeness (QED) is 0.401. The summed E-state index contributed by atoms with van der Waals surface area (Å²) in [6, 6.07) is 6.14. The predicted molar refractivity (Wildman–Crippen MR) is 78.1 cm³/mol. The molecule has 1 aliphatic heterocycles. The van der Waals surface area contributed by atoms with Crippen LogP contribution < -0.4 is 9.47 Å². The normalized spacial score (nSPS) is 18.7. The summed E-state index contributed by atoms with van der Waals surface area (Å²) in [5.41, 5.74) is 3.32. The van der Waals surface area contributed by atoms with Gasteiger partial charge in [-0.3, -0.25) is 10.1 Å². The summed E-state index contributed by atoms with van der Waals surface area (Å²) in [5, 5.41) is 21.0. The molecule has 1 aromatic heterocycles. The second-order valence-corrected chi connectivity index (χ2v) is 5.80. The number of nitro benzene ring substituents is 1. The van der Waals surface area contributed by atoms with E-state index in [4.69, 9.17) is 0 Å². The topological polar surface area (TPSA) is 87.5 Å². The van der Waals surface area contributed by atoms with Crippen molar-refractivity contribution in [1.29, 1.82) is 0 Å². The number of quaternary nitrogens is 1. The van der Waals surface area contributed by atoms with E-state index in [1.54, 1.807) is 12.1 Å². The minimum atomic E-state index is -0.610. The van der Waals surface area contributed by atoms with Crippen molar-refractivity contribution in [2.75, 3.05) is 13.1 Å². The molecule has 2 heterocycles. The van der Waals surface area contributed by atoms with Gasteiger partial charge in [-0.1, -0.05) is 0 Å². The number of aliphatic hydroxyl groups excluding tert-OH is 1. The van der Waals surface area contributed by atoms with Crippen LogP contribution in [0.5, 0.6) is 0 Å². The Hall–Kier alpha value is -2.25.